The maximum absolute atomic E-state index is 12.2. The third-order valence-corrected chi connectivity index (χ3v) is 5.11. The van der Waals surface area contributed by atoms with Crippen molar-refractivity contribution in [2.45, 2.75) is 6.92 Å². The summed E-state index contributed by atoms with van der Waals surface area (Å²) in [6.07, 6.45) is 6.70. The first-order valence-corrected chi connectivity index (χ1v) is 10.8. The van der Waals surface area contributed by atoms with Gasteiger partial charge in [-0.25, -0.2) is 14.4 Å². The van der Waals surface area contributed by atoms with Gasteiger partial charge in [-0.1, -0.05) is 29.8 Å². The van der Waals surface area contributed by atoms with Gasteiger partial charge < -0.3 is 15.4 Å². The highest BCUT2D eigenvalue weighted by atomic mass is 35.5. The summed E-state index contributed by atoms with van der Waals surface area (Å²) in [6.45, 7) is 1.11. The first kappa shape index (κ1) is 23.1. The Labute approximate surface area is 200 Å². The molecule has 2 N–H and O–H groups in total. The van der Waals surface area contributed by atoms with Gasteiger partial charge in [-0.3, -0.25) is 9.78 Å². The minimum absolute atomic E-state index is 0.239. The SMILES string of the molecule is Cc1ccc(Oc2ccc(Nc3ncnc4ccc(/C=C\CNC(=O)CF)cc34)cc2Cl)cn1. The topological polar surface area (TPSA) is 89.0 Å². The van der Waals surface area contributed by atoms with E-state index in [9.17, 15) is 9.18 Å². The third-order valence-electron chi connectivity index (χ3n) is 4.81. The number of nitrogens with zero attached hydrogens (tertiary/aromatic N) is 3. The van der Waals surface area contributed by atoms with Gasteiger partial charge in [-0.05, 0) is 55.0 Å². The number of aromatic nitrogens is 3. The van der Waals surface area contributed by atoms with E-state index in [-0.39, 0.29) is 6.54 Å². The third kappa shape index (κ3) is 5.85. The number of ether oxygens (including phenoxy) is 1. The van der Waals surface area contributed by atoms with Gasteiger partial charge in [0.15, 0.2) is 6.67 Å². The summed E-state index contributed by atoms with van der Waals surface area (Å²) >= 11 is 6.44. The molecule has 4 aromatic rings. The minimum atomic E-state index is -1.03. The highest BCUT2D eigenvalue weighted by Gasteiger charge is 2.09. The molecule has 34 heavy (non-hydrogen) atoms. The molecule has 0 aliphatic rings. The Morgan fingerprint density at radius 1 is 1.12 bits per heavy atom. The number of benzene rings is 2. The maximum Gasteiger partial charge on any atom is 0.251 e. The van der Waals surface area contributed by atoms with Gasteiger partial charge in [0, 0.05) is 23.3 Å². The predicted molar refractivity (Wildman–Crippen MR) is 131 cm³/mol. The summed E-state index contributed by atoms with van der Waals surface area (Å²) in [5, 5.41) is 6.96. The summed E-state index contributed by atoms with van der Waals surface area (Å²) in [7, 11) is 0. The van der Waals surface area contributed by atoms with E-state index in [0.717, 1.165) is 27.8 Å². The summed E-state index contributed by atoms with van der Waals surface area (Å²) in [4.78, 5) is 23.9. The molecule has 0 saturated carbocycles. The highest BCUT2D eigenvalue weighted by molar-refractivity contribution is 6.32. The molecule has 0 aliphatic heterocycles. The molecule has 0 bridgehead atoms. The molecule has 9 heteroatoms. The fourth-order valence-corrected chi connectivity index (χ4v) is 3.35. The van der Waals surface area contributed by atoms with E-state index in [2.05, 4.69) is 25.6 Å². The molecular weight excluding hydrogens is 457 g/mol. The minimum Gasteiger partial charge on any atom is -0.454 e. The number of fused-ring (bicyclic) bond motifs is 1. The van der Waals surface area contributed by atoms with Crippen LogP contribution in [0.3, 0.4) is 0 Å². The number of carbonyl (C=O) groups excluding carboxylic acids is 1. The molecule has 0 radical (unpaired) electrons. The number of pyridine rings is 1. The van der Waals surface area contributed by atoms with Crippen LogP contribution in [0.4, 0.5) is 15.9 Å². The van der Waals surface area contributed by atoms with Gasteiger partial charge in [0.1, 0.15) is 23.6 Å². The number of halogens is 2. The molecule has 0 aliphatic carbocycles. The molecular formula is C25H21ClFN5O2. The first-order valence-electron chi connectivity index (χ1n) is 10.4. The van der Waals surface area contributed by atoms with Crippen LogP contribution in [-0.2, 0) is 4.79 Å². The predicted octanol–water partition coefficient (Wildman–Crippen LogP) is 5.62. The van der Waals surface area contributed by atoms with Gasteiger partial charge >= 0.3 is 0 Å². The van der Waals surface area contributed by atoms with Crippen LogP contribution in [0.5, 0.6) is 11.5 Å². The Hall–Kier alpha value is -4.04. The van der Waals surface area contributed by atoms with Crippen molar-refractivity contribution in [3.05, 3.63) is 83.4 Å². The highest BCUT2D eigenvalue weighted by Crippen LogP contribution is 2.33. The molecule has 0 atom stereocenters. The molecule has 7 nitrogen and oxygen atoms in total. The quantitative estimate of drug-likeness (QED) is 0.342. The molecule has 2 aromatic carbocycles. The summed E-state index contributed by atoms with van der Waals surface area (Å²) in [5.74, 6) is 1.07. The smallest absolute Gasteiger partial charge is 0.251 e. The van der Waals surface area contributed by atoms with Crippen molar-refractivity contribution in [3.63, 3.8) is 0 Å². The fraction of sp³-hybridized carbons (Fsp3) is 0.120. The summed E-state index contributed by atoms with van der Waals surface area (Å²) < 4.78 is 18.0. The van der Waals surface area contributed by atoms with Crippen LogP contribution in [0.1, 0.15) is 11.3 Å². The maximum atomic E-state index is 12.2. The summed E-state index contributed by atoms with van der Waals surface area (Å²) in [5.41, 5.74) is 3.28. The van der Waals surface area contributed by atoms with Crippen molar-refractivity contribution in [1.82, 2.24) is 20.3 Å². The molecule has 172 valence electrons. The lowest BCUT2D eigenvalue weighted by Gasteiger charge is -2.12. The lowest BCUT2D eigenvalue weighted by atomic mass is 10.1. The Balaban J connectivity index is 1.51. The second-order valence-corrected chi connectivity index (χ2v) is 7.75. The van der Waals surface area contributed by atoms with Crippen LogP contribution in [0.15, 0.2) is 67.1 Å². The number of amides is 1. The normalized spacial score (nSPS) is 11.0. The summed E-state index contributed by atoms with van der Waals surface area (Å²) in [6, 6.07) is 14.8. The molecule has 2 heterocycles. The monoisotopic (exact) mass is 477 g/mol. The zero-order valence-electron chi connectivity index (χ0n) is 18.3. The number of aryl methyl sites for hydroxylation is 1. The second kappa shape index (κ2) is 10.7. The van der Waals surface area contributed by atoms with Crippen LogP contribution < -0.4 is 15.4 Å². The average molecular weight is 478 g/mol. The van der Waals surface area contributed by atoms with E-state index >= 15 is 0 Å². The van der Waals surface area contributed by atoms with Crippen molar-refractivity contribution in [3.8, 4) is 11.5 Å². The van der Waals surface area contributed by atoms with E-state index in [0.29, 0.717) is 22.3 Å². The van der Waals surface area contributed by atoms with Crippen LogP contribution in [0, 0.1) is 6.92 Å². The zero-order chi connectivity index (χ0) is 23.9. The van der Waals surface area contributed by atoms with E-state index in [1.807, 2.05) is 49.4 Å². The molecule has 1 amide bonds. The van der Waals surface area contributed by atoms with Crippen LogP contribution >= 0.6 is 11.6 Å². The Morgan fingerprint density at radius 2 is 2.00 bits per heavy atom. The Bertz CT molecular complexity index is 1350. The van der Waals surface area contributed by atoms with Gasteiger partial charge in [-0.15, -0.1) is 0 Å². The Kier molecular flexibility index (Phi) is 7.29. The van der Waals surface area contributed by atoms with Crippen molar-refractivity contribution in [1.29, 1.82) is 0 Å². The Morgan fingerprint density at radius 3 is 2.76 bits per heavy atom. The lowest BCUT2D eigenvalue weighted by molar-refractivity contribution is -0.121. The van der Waals surface area contributed by atoms with Gasteiger partial charge in [0.05, 0.1) is 16.7 Å². The van der Waals surface area contributed by atoms with E-state index in [1.165, 1.54) is 6.33 Å². The fourth-order valence-electron chi connectivity index (χ4n) is 3.13. The second-order valence-electron chi connectivity index (χ2n) is 7.35. The standard InChI is InChI=1S/C25H21ClFN5O2/c1-16-4-7-19(14-29-16)34-23-9-6-18(12-21(23)26)32-25-20-11-17(3-2-10-28-24(33)13-27)5-8-22(20)30-15-31-25/h2-9,11-12,14-15H,10,13H2,1H3,(H,28,33)(H,30,31,32)/b3-2-. The van der Waals surface area contributed by atoms with E-state index < -0.39 is 12.6 Å². The lowest BCUT2D eigenvalue weighted by Crippen LogP contribution is -2.24. The molecule has 0 saturated heterocycles. The van der Waals surface area contributed by atoms with Crippen LogP contribution in [0.25, 0.3) is 17.0 Å². The number of anilines is 2. The first-order chi connectivity index (χ1) is 16.5. The largest absolute Gasteiger partial charge is 0.454 e. The average Bonchev–Trinajstić information content (AvgIpc) is 2.85. The number of rotatable bonds is 8. The van der Waals surface area contributed by atoms with Crippen LogP contribution in [-0.4, -0.2) is 34.1 Å². The van der Waals surface area contributed by atoms with Crippen molar-refractivity contribution in [2.75, 3.05) is 18.5 Å². The number of carbonyl (C=O) groups is 1. The van der Waals surface area contributed by atoms with Gasteiger partial charge in [-0.2, -0.15) is 0 Å². The zero-order valence-corrected chi connectivity index (χ0v) is 19.0. The van der Waals surface area contributed by atoms with Crippen LogP contribution in [0.2, 0.25) is 5.02 Å². The van der Waals surface area contributed by atoms with Gasteiger partial charge in [0.2, 0.25) is 0 Å². The molecule has 4 rings (SSSR count). The molecule has 0 spiro atoms. The number of alkyl halides is 1. The van der Waals surface area contributed by atoms with Gasteiger partial charge in [0.25, 0.3) is 5.91 Å². The molecule has 0 unspecified atom stereocenters. The van der Waals surface area contributed by atoms with E-state index in [1.54, 1.807) is 24.4 Å². The molecule has 0 fully saturated rings. The molecule has 2 aromatic heterocycles. The van der Waals surface area contributed by atoms with Crippen molar-refractivity contribution in [2.24, 2.45) is 0 Å². The number of hydrogen-bond donors (Lipinski definition) is 2. The number of hydrogen-bond acceptors (Lipinski definition) is 6. The number of nitrogens with one attached hydrogen (secondary N) is 2. The van der Waals surface area contributed by atoms with Crippen molar-refractivity contribution < 1.29 is 13.9 Å². The van der Waals surface area contributed by atoms with E-state index in [4.69, 9.17) is 16.3 Å². The van der Waals surface area contributed by atoms with Crippen molar-refractivity contribution >= 4 is 46.0 Å².